The number of hydrogen-bond acceptors (Lipinski definition) is 4. The van der Waals surface area contributed by atoms with Crippen molar-refractivity contribution in [1.82, 2.24) is 9.80 Å². The van der Waals surface area contributed by atoms with Crippen molar-refractivity contribution >= 4 is 38.9 Å². The van der Waals surface area contributed by atoms with Crippen LogP contribution < -0.4 is 4.72 Å². The maximum absolute atomic E-state index is 12.5. The van der Waals surface area contributed by atoms with Gasteiger partial charge >= 0.3 is 0 Å². The van der Waals surface area contributed by atoms with E-state index in [1.54, 1.807) is 12.1 Å². The van der Waals surface area contributed by atoms with Gasteiger partial charge < -0.3 is 9.80 Å². The smallest absolute Gasteiger partial charge is 0.261 e. The first kappa shape index (κ1) is 20.4. The number of nitrogens with zero attached hydrogens (tertiary/aromatic N) is 2. The zero-order valence-electron chi connectivity index (χ0n) is 15.2. The Morgan fingerprint density at radius 1 is 0.963 bits per heavy atom. The van der Waals surface area contributed by atoms with Crippen molar-refractivity contribution in [2.24, 2.45) is 0 Å². The number of likely N-dealkylation sites (N-methyl/N-ethyl adjacent to an activating group) is 1. The molecule has 1 fully saturated rings. The predicted molar refractivity (Wildman–Crippen MR) is 111 cm³/mol. The predicted octanol–water partition coefficient (Wildman–Crippen LogP) is 3.58. The van der Waals surface area contributed by atoms with Crippen LogP contribution in [0.5, 0.6) is 0 Å². The lowest BCUT2D eigenvalue weighted by molar-refractivity contribution is 0.155. The highest BCUT2D eigenvalue weighted by molar-refractivity contribution is 7.92. The first-order valence-electron chi connectivity index (χ1n) is 8.80. The van der Waals surface area contributed by atoms with E-state index in [2.05, 4.69) is 21.6 Å². The van der Waals surface area contributed by atoms with Crippen molar-refractivity contribution in [3.05, 3.63) is 58.1 Å². The Bertz CT molecular complexity index is 860. The number of hydrogen-bond donors (Lipinski definition) is 1. The minimum Gasteiger partial charge on any atom is -0.304 e. The first-order valence-corrected chi connectivity index (χ1v) is 11.0. The molecule has 1 heterocycles. The van der Waals surface area contributed by atoms with E-state index in [1.807, 2.05) is 12.1 Å². The minimum absolute atomic E-state index is 0.0409. The summed E-state index contributed by atoms with van der Waals surface area (Å²) < 4.78 is 27.6. The maximum Gasteiger partial charge on any atom is 0.261 e. The fourth-order valence-corrected chi connectivity index (χ4v) is 4.78. The van der Waals surface area contributed by atoms with Crippen molar-refractivity contribution in [2.45, 2.75) is 11.3 Å². The van der Waals surface area contributed by atoms with Crippen molar-refractivity contribution in [1.29, 1.82) is 0 Å². The molecule has 1 aliphatic heterocycles. The maximum atomic E-state index is 12.5. The molecule has 5 nitrogen and oxygen atoms in total. The second kappa shape index (κ2) is 8.80. The van der Waals surface area contributed by atoms with Gasteiger partial charge in [-0.2, -0.15) is 0 Å². The van der Waals surface area contributed by atoms with Gasteiger partial charge in [0.05, 0.1) is 4.90 Å². The summed E-state index contributed by atoms with van der Waals surface area (Å²) in [6.07, 6.45) is 0.945. The molecule has 0 radical (unpaired) electrons. The lowest BCUT2D eigenvalue weighted by Gasteiger charge is -2.32. The summed E-state index contributed by atoms with van der Waals surface area (Å²) in [5.74, 6) is 0. The molecule has 0 spiro atoms. The van der Waals surface area contributed by atoms with E-state index < -0.39 is 10.0 Å². The largest absolute Gasteiger partial charge is 0.304 e. The average molecular weight is 428 g/mol. The Balaban J connectivity index is 1.60. The van der Waals surface area contributed by atoms with Gasteiger partial charge in [-0.25, -0.2) is 8.42 Å². The van der Waals surface area contributed by atoms with Crippen molar-refractivity contribution in [3.8, 4) is 0 Å². The van der Waals surface area contributed by atoms with Crippen LogP contribution in [0.25, 0.3) is 0 Å². The van der Waals surface area contributed by atoms with Gasteiger partial charge in [0.2, 0.25) is 0 Å². The highest BCUT2D eigenvalue weighted by Crippen LogP contribution is 2.24. The van der Waals surface area contributed by atoms with Gasteiger partial charge in [0, 0.05) is 48.5 Å². The minimum atomic E-state index is -3.74. The number of nitrogens with one attached hydrogen (secondary N) is 1. The standard InChI is InChI=1S/C19H23Cl2N3O2S/c1-23-8-10-24(11-9-23)7-6-15-2-4-18(5-3-15)22-27(25,26)19-13-16(20)12-17(21)14-19/h2-5,12-14,22H,6-11H2,1H3. The molecule has 146 valence electrons. The molecule has 0 saturated carbocycles. The molecule has 27 heavy (non-hydrogen) atoms. The van der Waals surface area contributed by atoms with Crippen molar-refractivity contribution in [3.63, 3.8) is 0 Å². The number of anilines is 1. The summed E-state index contributed by atoms with van der Waals surface area (Å²) in [7, 11) is -1.59. The molecule has 3 rings (SSSR count). The van der Waals surface area contributed by atoms with Gasteiger partial charge in [-0.15, -0.1) is 0 Å². The third-order valence-corrected chi connectivity index (χ3v) is 6.46. The van der Waals surface area contributed by atoms with Crippen LogP contribution in [0.2, 0.25) is 10.0 Å². The van der Waals surface area contributed by atoms with Crippen LogP contribution in [-0.2, 0) is 16.4 Å². The quantitative estimate of drug-likeness (QED) is 0.764. The summed E-state index contributed by atoms with van der Waals surface area (Å²) in [5, 5.41) is 0.559. The average Bonchev–Trinajstić information content (AvgIpc) is 2.61. The Morgan fingerprint density at radius 3 is 2.15 bits per heavy atom. The van der Waals surface area contributed by atoms with E-state index in [4.69, 9.17) is 23.2 Å². The molecule has 0 amide bonds. The molecule has 2 aromatic carbocycles. The van der Waals surface area contributed by atoms with Crippen LogP contribution in [0.15, 0.2) is 47.4 Å². The first-order chi connectivity index (χ1) is 12.8. The van der Waals surface area contributed by atoms with E-state index in [0.29, 0.717) is 5.69 Å². The second-order valence-electron chi connectivity index (χ2n) is 6.80. The van der Waals surface area contributed by atoms with Crippen LogP contribution in [0.3, 0.4) is 0 Å². The third-order valence-electron chi connectivity index (χ3n) is 4.67. The van der Waals surface area contributed by atoms with Crippen molar-refractivity contribution < 1.29 is 8.42 Å². The zero-order chi connectivity index (χ0) is 19.4. The summed E-state index contributed by atoms with van der Waals surface area (Å²) in [6, 6.07) is 11.7. The number of benzene rings is 2. The van der Waals surface area contributed by atoms with Gasteiger partial charge in [0.25, 0.3) is 10.0 Å². The van der Waals surface area contributed by atoms with Crippen LogP contribution in [0.1, 0.15) is 5.56 Å². The highest BCUT2D eigenvalue weighted by Gasteiger charge is 2.16. The number of piperazine rings is 1. The van der Waals surface area contributed by atoms with Gasteiger partial charge in [-0.1, -0.05) is 35.3 Å². The second-order valence-corrected chi connectivity index (χ2v) is 9.36. The molecule has 8 heteroatoms. The summed E-state index contributed by atoms with van der Waals surface area (Å²) in [4.78, 5) is 4.84. The third kappa shape index (κ3) is 5.83. The summed E-state index contributed by atoms with van der Waals surface area (Å²) in [5.41, 5.74) is 1.69. The van der Waals surface area contributed by atoms with Gasteiger partial charge in [0.15, 0.2) is 0 Å². The Hall–Kier alpha value is -1.31. The molecule has 0 unspecified atom stereocenters. The molecular formula is C19H23Cl2N3O2S. The van der Waals surface area contributed by atoms with Crippen LogP contribution in [0.4, 0.5) is 5.69 Å². The van der Waals surface area contributed by atoms with Gasteiger partial charge in [0.1, 0.15) is 0 Å². The molecule has 0 atom stereocenters. The monoisotopic (exact) mass is 427 g/mol. The Labute approximate surface area is 170 Å². The topological polar surface area (TPSA) is 52.6 Å². The lowest BCUT2D eigenvalue weighted by atomic mass is 10.1. The van der Waals surface area contributed by atoms with Crippen LogP contribution in [-0.4, -0.2) is 58.0 Å². The van der Waals surface area contributed by atoms with Gasteiger partial charge in [-0.05, 0) is 49.4 Å². The number of rotatable bonds is 6. The lowest BCUT2D eigenvalue weighted by Crippen LogP contribution is -2.45. The molecular weight excluding hydrogens is 405 g/mol. The summed E-state index contributed by atoms with van der Waals surface area (Å²) >= 11 is 11.8. The Kier molecular flexibility index (Phi) is 6.65. The Morgan fingerprint density at radius 2 is 1.56 bits per heavy atom. The van der Waals surface area contributed by atoms with Crippen molar-refractivity contribution in [2.75, 3.05) is 44.5 Å². The molecule has 1 saturated heterocycles. The molecule has 0 aromatic heterocycles. The number of halogens is 2. The van der Waals surface area contributed by atoms with E-state index in [-0.39, 0.29) is 14.9 Å². The fraction of sp³-hybridized carbons (Fsp3) is 0.368. The van der Waals surface area contributed by atoms with E-state index >= 15 is 0 Å². The van der Waals surface area contributed by atoms with Crippen LogP contribution in [0, 0.1) is 0 Å². The SMILES string of the molecule is CN1CCN(CCc2ccc(NS(=O)(=O)c3cc(Cl)cc(Cl)c3)cc2)CC1. The molecule has 1 N–H and O–H groups in total. The summed E-state index contributed by atoms with van der Waals surface area (Å²) in [6.45, 7) is 5.41. The van der Waals surface area contributed by atoms with Gasteiger partial charge in [-0.3, -0.25) is 4.72 Å². The number of sulfonamides is 1. The van der Waals surface area contributed by atoms with E-state index in [9.17, 15) is 8.42 Å². The molecule has 0 aliphatic carbocycles. The van der Waals surface area contributed by atoms with Crippen LogP contribution >= 0.6 is 23.2 Å². The molecule has 1 aliphatic rings. The molecule has 0 bridgehead atoms. The normalized spacial score (nSPS) is 16.4. The fourth-order valence-electron chi connectivity index (χ4n) is 3.00. The zero-order valence-corrected chi connectivity index (χ0v) is 17.5. The van der Waals surface area contributed by atoms with E-state index in [0.717, 1.165) is 39.1 Å². The molecule has 2 aromatic rings. The highest BCUT2D eigenvalue weighted by atomic mass is 35.5. The van der Waals surface area contributed by atoms with E-state index in [1.165, 1.54) is 23.8 Å².